The number of anilines is 2. The molecule has 8 N–H and O–H groups in total. The highest BCUT2D eigenvalue weighted by Crippen LogP contribution is 2.21. The lowest BCUT2D eigenvalue weighted by Gasteiger charge is -2.32. The number of nitrogens with zero attached hydrogens (tertiary/aromatic N) is 1. The van der Waals surface area contributed by atoms with Crippen LogP contribution in [0.1, 0.15) is 70.9 Å². The van der Waals surface area contributed by atoms with Gasteiger partial charge in [-0.25, -0.2) is 4.79 Å². The maximum absolute atomic E-state index is 13.5. The molecule has 3 rings (SSSR count). The Morgan fingerprint density at radius 3 is 2.13 bits per heavy atom. The van der Waals surface area contributed by atoms with E-state index >= 15 is 0 Å². The Labute approximate surface area is 303 Å². The van der Waals surface area contributed by atoms with Gasteiger partial charge in [-0.1, -0.05) is 64.4 Å². The van der Waals surface area contributed by atoms with Crippen molar-refractivity contribution in [2.24, 2.45) is 17.6 Å². The van der Waals surface area contributed by atoms with E-state index < -0.39 is 72.1 Å². The maximum atomic E-state index is 13.5. The van der Waals surface area contributed by atoms with Crippen LogP contribution in [0.15, 0.2) is 48.5 Å². The summed E-state index contributed by atoms with van der Waals surface area (Å²) >= 11 is 0. The summed E-state index contributed by atoms with van der Waals surface area (Å²) in [6.45, 7) is 9.41. The fourth-order valence-electron chi connectivity index (χ4n) is 5.94. The highest BCUT2D eigenvalue weighted by molar-refractivity contribution is 6.00. The second-order valence-electron chi connectivity index (χ2n) is 13.6. The number of primary amides is 1. The first-order chi connectivity index (χ1) is 24.6. The van der Waals surface area contributed by atoms with Crippen molar-refractivity contribution in [3.8, 4) is 0 Å². The first-order valence-corrected chi connectivity index (χ1v) is 17.5. The van der Waals surface area contributed by atoms with Crippen LogP contribution < -0.4 is 32.3 Å². The van der Waals surface area contributed by atoms with Crippen molar-refractivity contribution in [3.05, 3.63) is 59.7 Å². The van der Waals surface area contributed by atoms with Crippen LogP contribution in [0.4, 0.5) is 16.2 Å². The quantitative estimate of drug-likeness (QED) is 0.128. The third-order valence-electron chi connectivity index (χ3n) is 8.98. The monoisotopic (exact) mass is 721 g/mol. The molecule has 2 aromatic carbocycles. The van der Waals surface area contributed by atoms with E-state index in [0.717, 1.165) is 5.56 Å². The number of urea groups is 1. The van der Waals surface area contributed by atoms with E-state index in [1.807, 2.05) is 45.9 Å². The van der Waals surface area contributed by atoms with E-state index in [1.54, 1.807) is 37.3 Å². The van der Waals surface area contributed by atoms with Gasteiger partial charge in [-0.2, -0.15) is 0 Å². The maximum Gasteiger partial charge on any atom is 0.323 e. The number of nitrogens with two attached hydrogens (primary N) is 1. The summed E-state index contributed by atoms with van der Waals surface area (Å²) < 4.78 is 0. The summed E-state index contributed by atoms with van der Waals surface area (Å²) in [4.78, 5) is 91.2. The Bertz CT molecular complexity index is 1610. The van der Waals surface area contributed by atoms with Gasteiger partial charge in [0.2, 0.25) is 29.5 Å². The van der Waals surface area contributed by atoms with Crippen LogP contribution in [-0.2, 0) is 35.2 Å². The summed E-state index contributed by atoms with van der Waals surface area (Å²) in [6.07, 6.45) is 0.759. The predicted molar refractivity (Wildman–Crippen MR) is 195 cm³/mol. The molecule has 0 aromatic heterocycles. The van der Waals surface area contributed by atoms with Gasteiger partial charge in [0.05, 0.1) is 12.8 Å². The third-order valence-corrected chi connectivity index (χ3v) is 8.98. The number of amides is 7. The number of likely N-dealkylation sites (tertiary alicyclic amines) is 1. The van der Waals surface area contributed by atoms with E-state index in [1.165, 1.54) is 4.90 Å². The van der Waals surface area contributed by atoms with Crippen molar-refractivity contribution in [1.29, 1.82) is 0 Å². The molecule has 1 unspecified atom stereocenters. The lowest BCUT2D eigenvalue weighted by atomic mass is 9.96. The predicted octanol–water partition coefficient (Wildman–Crippen LogP) is 2.68. The van der Waals surface area contributed by atoms with Crippen molar-refractivity contribution >= 4 is 52.9 Å². The van der Waals surface area contributed by atoms with Gasteiger partial charge >= 0.3 is 12.0 Å². The Morgan fingerprint density at radius 2 is 1.54 bits per heavy atom. The van der Waals surface area contributed by atoms with Crippen LogP contribution >= 0.6 is 0 Å². The molecule has 282 valence electrons. The van der Waals surface area contributed by atoms with Gasteiger partial charge in [0.25, 0.3) is 0 Å². The Balaban J connectivity index is 1.67. The van der Waals surface area contributed by atoms with Gasteiger partial charge in [0.1, 0.15) is 24.2 Å². The van der Waals surface area contributed by atoms with Crippen molar-refractivity contribution in [2.75, 3.05) is 17.2 Å². The lowest BCUT2D eigenvalue weighted by Crippen LogP contribution is -2.59. The molecule has 0 bridgehead atoms. The van der Waals surface area contributed by atoms with Gasteiger partial charge < -0.3 is 42.3 Å². The van der Waals surface area contributed by atoms with E-state index in [0.29, 0.717) is 36.2 Å². The second-order valence-corrected chi connectivity index (χ2v) is 13.6. The van der Waals surface area contributed by atoms with Gasteiger partial charge in [0, 0.05) is 17.9 Å². The molecule has 5 atom stereocenters. The molecular weight excluding hydrogens is 670 g/mol. The number of nitrogens with one attached hydrogen (secondary N) is 5. The Morgan fingerprint density at radius 1 is 0.885 bits per heavy atom. The number of hydrogen-bond acceptors (Lipinski definition) is 7. The van der Waals surface area contributed by atoms with Crippen LogP contribution in [0.25, 0.3) is 0 Å². The van der Waals surface area contributed by atoms with Gasteiger partial charge in [-0.15, -0.1) is 0 Å². The number of carbonyl (C=O) groups excluding carboxylic acids is 6. The molecule has 15 heteroatoms. The summed E-state index contributed by atoms with van der Waals surface area (Å²) in [6, 6.07) is 8.96. The summed E-state index contributed by atoms with van der Waals surface area (Å²) in [5, 5.41) is 22.9. The van der Waals surface area contributed by atoms with Crippen LogP contribution in [-0.4, -0.2) is 82.3 Å². The fourth-order valence-corrected chi connectivity index (χ4v) is 5.94. The minimum absolute atomic E-state index is 0.0648. The molecule has 1 aliphatic rings. The van der Waals surface area contributed by atoms with Crippen LogP contribution in [0, 0.1) is 18.8 Å². The molecule has 15 nitrogen and oxygen atoms in total. The number of benzene rings is 2. The number of carbonyl (C=O) groups is 7. The average molecular weight is 722 g/mol. The van der Waals surface area contributed by atoms with Crippen molar-refractivity contribution in [1.82, 2.24) is 20.9 Å². The smallest absolute Gasteiger partial charge is 0.323 e. The first kappa shape index (κ1) is 41.0. The fraction of sp³-hybridized carbons (Fsp3) is 0.486. The van der Waals surface area contributed by atoms with Gasteiger partial charge in [-0.3, -0.25) is 28.8 Å². The molecule has 0 radical (unpaired) electrons. The zero-order valence-corrected chi connectivity index (χ0v) is 30.4. The third kappa shape index (κ3) is 12.1. The number of carboxylic acid groups (broad SMARTS) is 1. The van der Waals surface area contributed by atoms with Crippen molar-refractivity contribution in [3.63, 3.8) is 0 Å². The number of para-hydroxylation sites is 1. The standard InChI is InChI=1S/C37H51N7O8/c1-6-22(4)32(36(51)44-17-9-12-29(44)33(38)48)43-35(50)28(20-31(46)47)41-34(49)27(18-21(2)3)40-30(45)19-24-13-15-25(16-14-24)39-37(52)42-26-11-8-7-10-23(26)5/h7-8,10-11,13-16,21-22,27-29,32H,6,9,12,17-20H2,1-5H3,(H2,38,48)(H,40,45)(H,41,49)(H,43,50)(H,46,47)(H2,39,42,52)/t22?,27-,28-,29-,32-/m0/s1. The minimum Gasteiger partial charge on any atom is -0.481 e. The molecule has 1 fully saturated rings. The van der Waals surface area contributed by atoms with Crippen molar-refractivity contribution in [2.45, 2.75) is 97.3 Å². The average Bonchev–Trinajstić information content (AvgIpc) is 3.58. The van der Waals surface area contributed by atoms with E-state index in [4.69, 9.17) is 5.73 Å². The van der Waals surface area contributed by atoms with Crippen LogP contribution in [0.5, 0.6) is 0 Å². The molecule has 1 heterocycles. The second kappa shape index (κ2) is 19.2. The number of aryl methyl sites for hydroxylation is 1. The molecule has 52 heavy (non-hydrogen) atoms. The minimum atomic E-state index is -1.57. The van der Waals surface area contributed by atoms with Crippen LogP contribution in [0.3, 0.4) is 0 Å². The van der Waals surface area contributed by atoms with E-state index in [9.17, 15) is 38.7 Å². The molecule has 0 aliphatic carbocycles. The zero-order chi connectivity index (χ0) is 38.5. The largest absolute Gasteiger partial charge is 0.481 e. The van der Waals surface area contributed by atoms with Crippen molar-refractivity contribution < 1.29 is 38.7 Å². The van der Waals surface area contributed by atoms with E-state index in [-0.39, 0.29) is 31.2 Å². The summed E-state index contributed by atoms with van der Waals surface area (Å²) in [5.74, 6) is -5.12. The zero-order valence-electron chi connectivity index (χ0n) is 30.4. The summed E-state index contributed by atoms with van der Waals surface area (Å²) in [7, 11) is 0. The number of rotatable bonds is 17. The van der Waals surface area contributed by atoms with Gasteiger partial charge in [-0.05, 0) is 67.3 Å². The Hall–Kier alpha value is -5.47. The van der Waals surface area contributed by atoms with Crippen LogP contribution in [0.2, 0.25) is 0 Å². The normalized spacial score (nSPS) is 16.2. The molecular formula is C37H51N7O8. The highest BCUT2D eigenvalue weighted by atomic mass is 16.4. The lowest BCUT2D eigenvalue weighted by molar-refractivity contribution is -0.144. The molecule has 0 spiro atoms. The molecule has 0 saturated carbocycles. The number of hydrogen-bond donors (Lipinski definition) is 7. The molecule has 2 aromatic rings. The number of carboxylic acids is 1. The summed E-state index contributed by atoms with van der Waals surface area (Å²) in [5.41, 5.74) is 8.19. The molecule has 1 aliphatic heterocycles. The molecule has 1 saturated heterocycles. The SMILES string of the molecule is CCC(C)[C@H](NC(=O)[C@H](CC(=O)O)NC(=O)[C@H](CC(C)C)NC(=O)Cc1ccc(NC(=O)Nc2ccccc2C)cc1)C(=O)N1CCC[C@H]1C(N)=O. The molecule has 7 amide bonds. The highest BCUT2D eigenvalue weighted by Gasteiger charge is 2.39. The first-order valence-electron chi connectivity index (χ1n) is 17.5. The van der Waals surface area contributed by atoms with Gasteiger partial charge in [0.15, 0.2) is 0 Å². The topological polar surface area (TPSA) is 229 Å². The Kier molecular flexibility index (Phi) is 15.1. The van der Waals surface area contributed by atoms with E-state index in [2.05, 4.69) is 26.6 Å². The number of aliphatic carboxylic acids is 1.